The number of carboxylic acids is 1. The van der Waals surface area contributed by atoms with E-state index in [1.54, 1.807) is 22.9 Å². The molecule has 0 unspecified atom stereocenters. The number of thiophene rings is 1. The summed E-state index contributed by atoms with van der Waals surface area (Å²) >= 11 is 7.15. The average Bonchev–Trinajstić information content (AvgIpc) is 2.98. The van der Waals surface area contributed by atoms with Crippen molar-refractivity contribution >= 4 is 39.1 Å². The van der Waals surface area contributed by atoms with Crippen LogP contribution in [0.2, 0.25) is 5.02 Å². The summed E-state index contributed by atoms with van der Waals surface area (Å²) in [5.74, 6) is -0.689. The summed E-state index contributed by atoms with van der Waals surface area (Å²) in [6, 6.07) is 9.05. The molecule has 0 saturated carbocycles. The predicted octanol–water partition coefficient (Wildman–Crippen LogP) is 4.56. The van der Waals surface area contributed by atoms with E-state index in [9.17, 15) is 9.90 Å². The Bertz CT molecular complexity index is 818. The van der Waals surface area contributed by atoms with E-state index in [0.717, 1.165) is 21.6 Å². The van der Waals surface area contributed by atoms with Gasteiger partial charge in [0.05, 0.1) is 11.4 Å². The van der Waals surface area contributed by atoms with E-state index in [1.807, 2.05) is 26.0 Å². The van der Waals surface area contributed by atoms with Crippen LogP contribution in [0.25, 0.3) is 15.9 Å². The van der Waals surface area contributed by atoms with Crippen molar-refractivity contribution in [2.24, 2.45) is 0 Å². The molecule has 21 heavy (non-hydrogen) atoms. The lowest BCUT2D eigenvalue weighted by Crippen LogP contribution is -1.98. The Hall–Kier alpha value is -1.85. The van der Waals surface area contributed by atoms with Crippen LogP contribution in [0.5, 0.6) is 0 Å². The molecule has 0 amide bonds. The number of aromatic carboxylic acids is 1. The predicted molar refractivity (Wildman–Crippen MR) is 85.0 cm³/mol. The van der Waals surface area contributed by atoms with Gasteiger partial charge in [-0.2, -0.15) is 5.10 Å². The van der Waals surface area contributed by atoms with Crippen molar-refractivity contribution < 1.29 is 9.90 Å². The van der Waals surface area contributed by atoms with Gasteiger partial charge in [-0.25, -0.2) is 9.48 Å². The molecule has 4 nitrogen and oxygen atoms in total. The summed E-state index contributed by atoms with van der Waals surface area (Å²) in [5.41, 5.74) is 1.78. The van der Waals surface area contributed by atoms with Gasteiger partial charge in [-0.05, 0) is 36.2 Å². The van der Waals surface area contributed by atoms with Crippen LogP contribution in [-0.4, -0.2) is 20.9 Å². The van der Waals surface area contributed by atoms with Gasteiger partial charge in [-0.3, -0.25) is 0 Å². The lowest BCUT2D eigenvalue weighted by molar-refractivity contribution is 0.0702. The second-order valence-corrected chi connectivity index (χ2v) is 6.53. The fourth-order valence-corrected chi connectivity index (χ4v) is 3.32. The first kappa shape index (κ1) is 14.1. The fourth-order valence-electron chi connectivity index (χ4n) is 2.22. The summed E-state index contributed by atoms with van der Waals surface area (Å²) in [6.45, 7) is 4.10. The second-order valence-electron chi connectivity index (χ2n) is 5.06. The number of rotatable bonds is 3. The molecule has 2 heterocycles. The van der Waals surface area contributed by atoms with Crippen LogP contribution in [0.1, 0.15) is 35.1 Å². The molecule has 0 bridgehead atoms. The number of aromatic nitrogens is 2. The average molecular weight is 321 g/mol. The maximum atomic E-state index is 11.2. The third-order valence-electron chi connectivity index (χ3n) is 3.22. The van der Waals surface area contributed by atoms with Crippen LogP contribution in [0.15, 0.2) is 30.3 Å². The SMILES string of the molecule is CC(C)c1nn(-c2ccc(Cl)cc2)c2sc(C(=O)O)cc12. The molecule has 0 fully saturated rings. The van der Waals surface area contributed by atoms with Gasteiger partial charge in [0, 0.05) is 10.4 Å². The molecule has 0 spiro atoms. The van der Waals surface area contributed by atoms with Gasteiger partial charge in [0.25, 0.3) is 0 Å². The lowest BCUT2D eigenvalue weighted by Gasteiger charge is -2.03. The van der Waals surface area contributed by atoms with Gasteiger partial charge in [0.15, 0.2) is 0 Å². The van der Waals surface area contributed by atoms with Crippen LogP contribution in [0.3, 0.4) is 0 Å². The van der Waals surface area contributed by atoms with E-state index >= 15 is 0 Å². The second kappa shape index (κ2) is 5.16. The third-order valence-corrected chi connectivity index (χ3v) is 4.57. The first-order chi connectivity index (χ1) is 9.97. The number of nitrogens with zero attached hydrogens (tertiary/aromatic N) is 2. The maximum Gasteiger partial charge on any atom is 0.345 e. The third kappa shape index (κ3) is 2.43. The van der Waals surface area contributed by atoms with Crippen LogP contribution >= 0.6 is 22.9 Å². The van der Waals surface area contributed by atoms with E-state index in [4.69, 9.17) is 11.6 Å². The largest absolute Gasteiger partial charge is 0.477 e. The molecule has 3 aromatic rings. The quantitative estimate of drug-likeness (QED) is 0.769. The molecule has 2 aromatic heterocycles. The standard InChI is InChI=1S/C15H13ClN2O2S/c1-8(2)13-11-7-12(15(19)20)21-14(11)18(17-13)10-5-3-9(16)4-6-10/h3-8H,1-2H3,(H,19,20). The van der Waals surface area contributed by atoms with E-state index in [-0.39, 0.29) is 5.92 Å². The molecule has 0 aliphatic heterocycles. The molecule has 108 valence electrons. The molecule has 0 saturated heterocycles. The van der Waals surface area contributed by atoms with Crippen LogP contribution < -0.4 is 0 Å². The highest BCUT2D eigenvalue weighted by Crippen LogP contribution is 2.33. The normalized spacial score (nSPS) is 11.4. The van der Waals surface area contributed by atoms with Crippen LogP contribution in [0.4, 0.5) is 0 Å². The number of hydrogen-bond donors (Lipinski definition) is 1. The van der Waals surface area contributed by atoms with Crippen LogP contribution in [-0.2, 0) is 0 Å². The summed E-state index contributed by atoms with van der Waals surface area (Å²) in [5, 5.41) is 15.4. The van der Waals surface area contributed by atoms with Crippen molar-refractivity contribution in [2.75, 3.05) is 0 Å². The maximum absolute atomic E-state index is 11.2. The molecule has 3 rings (SSSR count). The summed E-state index contributed by atoms with van der Waals surface area (Å²) in [6.07, 6.45) is 0. The van der Waals surface area contributed by atoms with Gasteiger partial charge in [-0.15, -0.1) is 11.3 Å². The zero-order valence-corrected chi connectivity index (χ0v) is 13.1. The molecular weight excluding hydrogens is 308 g/mol. The van der Waals surface area contributed by atoms with Gasteiger partial charge in [0.2, 0.25) is 0 Å². The van der Waals surface area contributed by atoms with Crippen molar-refractivity contribution in [3.05, 3.63) is 45.9 Å². The van der Waals surface area contributed by atoms with E-state index in [1.165, 1.54) is 11.3 Å². The molecule has 0 aliphatic carbocycles. The van der Waals surface area contributed by atoms with Crippen molar-refractivity contribution in [1.29, 1.82) is 0 Å². The topological polar surface area (TPSA) is 55.1 Å². The zero-order chi connectivity index (χ0) is 15.1. The van der Waals surface area contributed by atoms with Gasteiger partial charge < -0.3 is 5.11 Å². The molecule has 6 heteroatoms. The van der Waals surface area contributed by atoms with Crippen molar-refractivity contribution in [3.8, 4) is 5.69 Å². The molecule has 0 radical (unpaired) electrons. The van der Waals surface area contributed by atoms with Crippen molar-refractivity contribution in [1.82, 2.24) is 9.78 Å². The summed E-state index contributed by atoms with van der Waals surface area (Å²) in [7, 11) is 0. The number of benzene rings is 1. The summed E-state index contributed by atoms with van der Waals surface area (Å²) < 4.78 is 1.79. The Labute approximate surface area is 130 Å². The zero-order valence-electron chi connectivity index (χ0n) is 11.5. The number of fused-ring (bicyclic) bond motifs is 1. The van der Waals surface area contributed by atoms with Gasteiger partial charge in [-0.1, -0.05) is 25.4 Å². The minimum Gasteiger partial charge on any atom is -0.477 e. The Balaban J connectivity index is 2.26. The highest BCUT2D eigenvalue weighted by Gasteiger charge is 2.19. The van der Waals surface area contributed by atoms with Gasteiger partial charge >= 0.3 is 5.97 Å². The summed E-state index contributed by atoms with van der Waals surface area (Å²) in [4.78, 5) is 12.4. The highest BCUT2D eigenvalue weighted by molar-refractivity contribution is 7.20. The highest BCUT2D eigenvalue weighted by atomic mass is 35.5. The molecule has 0 atom stereocenters. The minimum atomic E-state index is -0.909. The molecule has 0 aliphatic rings. The van der Waals surface area contributed by atoms with E-state index < -0.39 is 5.97 Å². The first-order valence-electron chi connectivity index (χ1n) is 6.49. The Morgan fingerprint density at radius 2 is 2.00 bits per heavy atom. The monoisotopic (exact) mass is 320 g/mol. The number of hydrogen-bond acceptors (Lipinski definition) is 3. The van der Waals surface area contributed by atoms with Crippen molar-refractivity contribution in [3.63, 3.8) is 0 Å². The van der Waals surface area contributed by atoms with E-state index in [0.29, 0.717) is 9.90 Å². The minimum absolute atomic E-state index is 0.220. The fraction of sp³-hybridized carbons (Fsp3) is 0.200. The first-order valence-corrected chi connectivity index (χ1v) is 7.68. The van der Waals surface area contributed by atoms with Gasteiger partial charge in [0.1, 0.15) is 9.71 Å². The number of carbonyl (C=O) groups is 1. The smallest absolute Gasteiger partial charge is 0.345 e. The molecule has 1 N–H and O–H groups in total. The Morgan fingerprint density at radius 1 is 1.33 bits per heavy atom. The van der Waals surface area contributed by atoms with E-state index in [2.05, 4.69) is 5.10 Å². The van der Waals surface area contributed by atoms with Crippen molar-refractivity contribution in [2.45, 2.75) is 19.8 Å². The number of halogens is 1. The lowest BCUT2D eigenvalue weighted by atomic mass is 10.1. The number of carboxylic acid groups (broad SMARTS) is 1. The Kier molecular flexibility index (Phi) is 3.47. The molecule has 1 aromatic carbocycles. The Morgan fingerprint density at radius 3 is 2.57 bits per heavy atom. The molecular formula is C15H13ClN2O2S. The van der Waals surface area contributed by atoms with Crippen LogP contribution in [0, 0.1) is 0 Å².